The molecule has 0 radical (unpaired) electrons. The van der Waals surface area contributed by atoms with Gasteiger partial charge in [0.05, 0.1) is 6.10 Å². The molecule has 1 nitrogen and oxygen atoms in total. The van der Waals surface area contributed by atoms with Gasteiger partial charge in [-0.3, -0.25) is 0 Å². The number of rotatable bonds is 3. The second-order valence-corrected chi connectivity index (χ2v) is 4.31. The van der Waals surface area contributed by atoms with Gasteiger partial charge in [-0.1, -0.05) is 19.9 Å². The summed E-state index contributed by atoms with van der Waals surface area (Å²) in [4.78, 5) is 0. The normalized spacial score (nSPS) is 13.0. The average molecular weight is 192 g/mol. The molecular weight excluding hydrogens is 172 g/mol. The monoisotopic (exact) mass is 192 g/mol. The molecule has 0 heterocycles. The minimum atomic E-state index is 0.275. The highest BCUT2D eigenvalue weighted by atomic mass is 16.5. The number of aryl methyl sites for hydroxylation is 2. The quantitative estimate of drug-likeness (QED) is 0.709. The highest BCUT2D eigenvalue weighted by Crippen LogP contribution is 2.19. The van der Waals surface area contributed by atoms with Crippen LogP contribution in [0.1, 0.15) is 31.9 Å². The van der Waals surface area contributed by atoms with E-state index in [2.05, 4.69) is 46.8 Å². The maximum atomic E-state index is 5.81. The van der Waals surface area contributed by atoms with Gasteiger partial charge < -0.3 is 4.74 Å². The smallest absolute Gasteiger partial charge is 0.119 e. The fourth-order valence-corrected chi connectivity index (χ4v) is 1.14. The topological polar surface area (TPSA) is 9.23 Å². The van der Waals surface area contributed by atoms with E-state index in [4.69, 9.17) is 4.74 Å². The minimum absolute atomic E-state index is 0.275. The van der Waals surface area contributed by atoms with Crippen LogP contribution in [0.3, 0.4) is 0 Å². The van der Waals surface area contributed by atoms with E-state index in [1.807, 2.05) is 6.07 Å². The van der Waals surface area contributed by atoms with E-state index in [-0.39, 0.29) is 6.10 Å². The molecule has 0 amide bonds. The van der Waals surface area contributed by atoms with Gasteiger partial charge in [-0.15, -0.1) is 0 Å². The first-order valence-electron chi connectivity index (χ1n) is 5.24. The van der Waals surface area contributed by atoms with Crippen LogP contribution in [-0.4, -0.2) is 6.10 Å². The number of hydrogen-bond acceptors (Lipinski definition) is 1. The van der Waals surface area contributed by atoms with Crippen LogP contribution in [0.15, 0.2) is 18.2 Å². The SMILES string of the molecule is Cc1ccc(O[C@H](C)C(C)C)cc1C. The molecule has 0 aromatic heterocycles. The Kier molecular flexibility index (Phi) is 3.56. The summed E-state index contributed by atoms with van der Waals surface area (Å²) in [6.45, 7) is 10.7. The molecule has 1 aromatic carbocycles. The summed E-state index contributed by atoms with van der Waals surface area (Å²) in [7, 11) is 0. The summed E-state index contributed by atoms with van der Waals surface area (Å²) in [5, 5.41) is 0. The van der Waals surface area contributed by atoms with Crippen molar-refractivity contribution in [2.45, 2.75) is 40.7 Å². The molecule has 1 heteroatoms. The Morgan fingerprint density at radius 2 is 1.64 bits per heavy atom. The van der Waals surface area contributed by atoms with Crippen LogP contribution in [0.2, 0.25) is 0 Å². The number of ether oxygens (including phenoxy) is 1. The second kappa shape index (κ2) is 4.50. The van der Waals surface area contributed by atoms with Gasteiger partial charge in [-0.05, 0) is 49.9 Å². The van der Waals surface area contributed by atoms with Gasteiger partial charge in [0.1, 0.15) is 5.75 Å². The number of benzene rings is 1. The van der Waals surface area contributed by atoms with Crippen molar-refractivity contribution < 1.29 is 4.74 Å². The van der Waals surface area contributed by atoms with E-state index in [0.29, 0.717) is 5.92 Å². The Labute approximate surface area is 87.1 Å². The summed E-state index contributed by atoms with van der Waals surface area (Å²) in [5.41, 5.74) is 2.60. The fraction of sp³-hybridized carbons (Fsp3) is 0.538. The molecule has 1 rings (SSSR count). The van der Waals surface area contributed by atoms with Gasteiger partial charge in [0, 0.05) is 0 Å². The van der Waals surface area contributed by atoms with Crippen molar-refractivity contribution >= 4 is 0 Å². The van der Waals surface area contributed by atoms with Crippen LogP contribution >= 0.6 is 0 Å². The first kappa shape index (κ1) is 11.1. The molecule has 0 aliphatic heterocycles. The third-order valence-corrected chi connectivity index (χ3v) is 2.74. The highest BCUT2D eigenvalue weighted by molar-refractivity contribution is 5.33. The molecule has 14 heavy (non-hydrogen) atoms. The summed E-state index contributed by atoms with van der Waals surface area (Å²) in [5.74, 6) is 1.53. The summed E-state index contributed by atoms with van der Waals surface area (Å²) in [6, 6.07) is 6.26. The minimum Gasteiger partial charge on any atom is -0.490 e. The lowest BCUT2D eigenvalue weighted by atomic mass is 10.1. The first-order chi connectivity index (χ1) is 6.50. The van der Waals surface area contributed by atoms with E-state index in [0.717, 1.165) is 5.75 Å². The van der Waals surface area contributed by atoms with E-state index in [1.165, 1.54) is 11.1 Å². The van der Waals surface area contributed by atoms with Crippen LogP contribution in [-0.2, 0) is 0 Å². The molecule has 0 saturated heterocycles. The molecule has 0 aliphatic carbocycles. The standard InChI is InChI=1S/C13H20O/c1-9(2)12(5)14-13-7-6-10(3)11(4)8-13/h6-9,12H,1-5H3/t12-/m1/s1. The van der Waals surface area contributed by atoms with E-state index in [1.54, 1.807) is 0 Å². The van der Waals surface area contributed by atoms with E-state index < -0.39 is 0 Å². The second-order valence-electron chi connectivity index (χ2n) is 4.31. The Morgan fingerprint density at radius 1 is 1.00 bits per heavy atom. The van der Waals surface area contributed by atoms with E-state index >= 15 is 0 Å². The Hall–Kier alpha value is -0.980. The van der Waals surface area contributed by atoms with Crippen molar-refractivity contribution in [1.29, 1.82) is 0 Å². The molecule has 78 valence electrons. The molecular formula is C13H20O. The van der Waals surface area contributed by atoms with Gasteiger partial charge in [0.25, 0.3) is 0 Å². The van der Waals surface area contributed by atoms with Crippen molar-refractivity contribution in [1.82, 2.24) is 0 Å². The lowest BCUT2D eigenvalue weighted by Gasteiger charge is -2.18. The zero-order chi connectivity index (χ0) is 10.7. The Bertz CT molecular complexity index is 302. The van der Waals surface area contributed by atoms with Crippen molar-refractivity contribution in [2.24, 2.45) is 5.92 Å². The molecule has 0 N–H and O–H groups in total. The van der Waals surface area contributed by atoms with Gasteiger partial charge in [-0.25, -0.2) is 0 Å². The number of hydrogen-bond donors (Lipinski definition) is 0. The molecule has 0 bridgehead atoms. The third-order valence-electron chi connectivity index (χ3n) is 2.74. The van der Waals surface area contributed by atoms with Gasteiger partial charge in [0.15, 0.2) is 0 Å². The van der Waals surface area contributed by atoms with Crippen LogP contribution in [0, 0.1) is 19.8 Å². The van der Waals surface area contributed by atoms with Crippen LogP contribution in [0.25, 0.3) is 0 Å². The average Bonchev–Trinajstić information content (AvgIpc) is 2.11. The van der Waals surface area contributed by atoms with E-state index in [9.17, 15) is 0 Å². The lowest BCUT2D eigenvalue weighted by molar-refractivity contribution is 0.170. The van der Waals surface area contributed by atoms with Gasteiger partial charge in [0.2, 0.25) is 0 Å². The Morgan fingerprint density at radius 3 is 2.14 bits per heavy atom. The fourth-order valence-electron chi connectivity index (χ4n) is 1.14. The maximum Gasteiger partial charge on any atom is 0.119 e. The lowest BCUT2D eigenvalue weighted by Crippen LogP contribution is -2.18. The highest BCUT2D eigenvalue weighted by Gasteiger charge is 2.08. The third kappa shape index (κ3) is 2.76. The summed E-state index contributed by atoms with van der Waals surface area (Å²) in [6.07, 6.45) is 0.275. The molecule has 0 unspecified atom stereocenters. The predicted molar refractivity (Wildman–Crippen MR) is 60.8 cm³/mol. The van der Waals surface area contributed by atoms with Crippen LogP contribution in [0.4, 0.5) is 0 Å². The Balaban J connectivity index is 2.73. The van der Waals surface area contributed by atoms with Crippen molar-refractivity contribution in [2.75, 3.05) is 0 Å². The molecule has 0 fully saturated rings. The molecule has 0 aliphatic rings. The van der Waals surface area contributed by atoms with Crippen molar-refractivity contribution in [3.8, 4) is 5.75 Å². The molecule has 1 aromatic rings. The van der Waals surface area contributed by atoms with Gasteiger partial charge >= 0.3 is 0 Å². The molecule has 1 atom stereocenters. The zero-order valence-electron chi connectivity index (χ0n) is 9.79. The maximum absolute atomic E-state index is 5.81. The van der Waals surface area contributed by atoms with Crippen molar-refractivity contribution in [3.63, 3.8) is 0 Å². The van der Waals surface area contributed by atoms with Crippen molar-refractivity contribution in [3.05, 3.63) is 29.3 Å². The van der Waals surface area contributed by atoms with Crippen LogP contribution in [0.5, 0.6) is 5.75 Å². The first-order valence-corrected chi connectivity index (χ1v) is 5.24. The van der Waals surface area contributed by atoms with Crippen LogP contribution < -0.4 is 4.74 Å². The predicted octanol–water partition coefficient (Wildman–Crippen LogP) is 3.73. The summed E-state index contributed by atoms with van der Waals surface area (Å²) < 4.78 is 5.81. The molecule has 0 saturated carbocycles. The zero-order valence-corrected chi connectivity index (χ0v) is 9.79. The van der Waals surface area contributed by atoms with Gasteiger partial charge in [-0.2, -0.15) is 0 Å². The molecule has 0 spiro atoms. The largest absolute Gasteiger partial charge is 0.490 e. The summed E-state index contributed by atoms with van der Waals surface area (Å²) >= 11 is 0.